The maximum absolute atomic E-state index is 12.6. The van der Waals surface area contributed by atoms with Crippen LogP contribution in [-0.4, -0.2) is 27.1 Å². The normalized spacial score (nSPS) is 12.4. The van der Waals surface area contributed by atoms with Gasteiger partial charge in [-0.15, -0.1) is 0 Å². The van der Waals surface area contributed by atoms with Crippen LogP contribution < -0.4 is 10.6 Å². The summed E-state index contributed by atoms with van der Waals surface area (Å²) in [5.74, 6) is -0.210. The number of rotatable bonds is 7. The molecule has 6 heteroatoms. The van der Waals surface area contributed by atoms with E-state index in [1.807, 2.05) is 48.5 Å². The number of hydrogen-bond acceptors (Lipinski definition) is 4. The Morgan fingerprint density at radius 3 is 2.19 bits per heavy atom. The van der Waals surface area contributed by atoms with E-state index in [1.54, 1.807) is 12.1 Å². The Morgan fingerprint density at radius 2 is 1.47 bits per heavy atom. The molecule has 0 bridgehead atoms. The summed E-state index contributed by atoms with van der Waals surface area (Å²) < 4.78 is 23.2. The minimum absolute atomic E-state index is 0.0939. The second-order valence-electron chi connectivity index (χ2n) is 7.64. The van der Waals surface area contributed by atoms with Gasteiger partial charge in [-0.1, -0.05) is 72.8 Å². The zero-order valence-corrected chi connectivity index (χ0v) is 18.5. The average molecular weight is 445 g/mol. The van der Waals surface area contributed by atoms with Crippen molar-refractivity contribution in [3.8, 4) is 0 Å². The fourth-order valence-electron chi connectivity index (χ4n) is 3.74. The monoisotopic (exact) mass is 444 g/mol. The summed E-state index contributed by atoms with van der Waals surface area (Å²) in [6.45, 7) is 0.0939. The molecule has 0 aliphatic carbocycles. The van der Waals surface area contributed by atoms with Crippen molar-refractivity contribution in [1.29, 1.82) is 0 Å². The van der Waals surface area contributed by atoms with Crippen LogP contribution in [0.2, 0.25) is 0 Å². The third-order valence-corrected chi connectivity index (χ3v) is 6.43. The standard InChI is InChI=1S/C26H24N2O3S/c1-32(30,31)22-16-14-21(15-17-22)28-25(29)18-27-26(20-9-3-2-4-10-20)24-13-7-11-19-8-5-6-12-23(19)24/h2-17,26-27H,18H2,1H3,(H,28,29). The van der Waals surface area contributed by atoms with E-state index in [-0.39, 0.29) is 23.4 Å². The molecule has 0 fully saturated rings. The largest absolute Gasteiger partial charge is 0.325 e. The van der Waals surface area contributed by atoms with E-state index in [0.29, 0.717) is 5.69 Å². The quantitative estimate of drug-likeness (QED) is 0.438. The first-order valence-corrected chi connectivity index (χ1v) is 12.2. The fourth-order valence-corrected chi connectivity index (χ4v) is 4.37. The Hall–Kier alpha value is -3.48. The number of carbonyl (C=O) groups excluding carboxylic acids is 1. The van der Waals surface area contributed by atoms with Gasteiger partial charge in [-0.25, -0.2) is 8.42 Å². The number of anilines is 1. The molecule has 162 valence electrons. The predicted octanol–water partition coefficient (Wildman–Crippen LogP) is 4.56. The van der Waals surface area contributed by atoms with Crippen LogP contribution in [0.1, 0.15) is 17.2 Å². The maximum Gasteiger partial charge on any atom is 0.238 e. The maximum atomic E-state index is 12.6. The van der Waals surface area contributed by atoms with Crippen LogP contribution in [0.4, 0.5) is 5.69 Å². The van der Waals surface area contributed by atoms with Crippen molar-refractivity contribution in [2.45, 2.75) is 10.9 Å². The highest BCUT2D eigenvalue weighted by atomic mass is 32.2. The molecule has 0 spiro atoms. The van der Waals surface area contributed by atoms with Crippen LogP contribution in [0, 0.1) is 0 Å². The lowest BCUT2D eigenvalue weighted by molar-refractivity contribution is -0.115. The molecule has 4 aromatic rings. The van der Waals surface area contributed by atoms with Gasteiger partial charge < -0.3 is 5.32 Å². The SMILES string of the molecule is CS(=O)(=O)c1ccc(NC(=O)CNC(c2ccccc2)c2cccc3ccccc23)cc1. The van der Waals surface area contributed by atoms with E-state index in [2.05, 4.69) is 34.9 Å². The highest BCUT2D eigenvalue weighted by Crippen LogP contribution is 2.29. The Bertz CT molecular complexity index is 1330. The van der Waals surface area contributed by atoms with Crippen LogP contribution in [0.3, 0.4) is 0 Å². The summed E-state index contributed by atoms with van der Waals surface area (Å²) >= 11 is 0. The summed E-state index contributed by atoms with van der Waals surface area (Å²) in [6.07, 6.45) is 1.15. The first-order chi connectivity index (χ1) is 15.4. The van der Waals surface area contributed by atoms with Gasteiger partial charge >= 0.3 is 0 Å². The number of hydrogen-bond donors (Lipinski definition) is 2. The molecule has 4 rings (SSSR count). The molecule has 5 nitrogen and oxygen atoms in total. The van der Waals surface area contributed by atoms with E-state index in [1.165, 1.54) is 12.1 Å². The zero-order chi connectivity index (χ0) is 22.6. The molecular formula is C26H24N2O3S. The van der Waals surface area contributed by atoms with Gasteiger partial charge in [0.25, 0.3) is 0 Å². The number of benzene rings is 4. The third-order valence-electron chi connectivity index (χ3n) is 5.30. The topological polar surface area (TPSA) is 75.3 Å². The van der Waals surface area contributed by atoms with Crippen LogP contribution in [0.5, 0.6) is 0 Å². The van der Waals surface area contributed by atoms with Gasteiger partial charge in [0, 0.05) is 11.9 Å². The molecule has 1 unspecified atom stereocenters. The van der Waals surface area contributed by atoms with Crippen molar-refractivity contribution >= 4 is 32.2 Å². The molecule has 2 N–H and O–H groups in total. The second-order valence-corrected chi connectivity index (χ2v) is 9.65. The lowest BCUT2D eigenvalue weighted by atomic mass is 9.93. The average Bonchev–Trinajstić information content (AvgIpc) is 2.80. The van der Waals surface area contributed by atoms with Crippen molar-refractivity contribution in [1.82, 2.24) is 5.32 Å². The van der Waals surface area contributed by atoms with Gasteiger partial charge in [0.2, 0.25) is 5.91 Å². The van der Waals surface area contributed by atoms with E-state index < -0.39 is 9.84 Å². The molecule has 32 heavy (non-hydrogen) atoms. The van der Waals surface area contributed by atoms with E-state index >= 15 is 0 Å². The van der Waals surface area contributed by atoms with Crippen LogP contribution in [0.15, 0.2) is 102 Å². The Morgan fingerprint density at radius 1 is 0.812 bits per heavy atom. The highest BCUT2D eigenvalue weighted by Gasteiger charge is 2.17. The van der Waals surface area contributed by atoms with Gasteiger partial charge in [-0.05, 0) is 46.2 Å². The number of amides is 1. The van der Waals surface area contributed by atoms with Crippen molar-refractivity contribution in [3.05, 3.63) is 108 Å². The van der Waals surface area contributed by atoms with E-state index in [4.69, 9.17) is 0 Å². The summed E-state index contributed by atoms with van der Waals surface area (Å²) in [5, 5.41) is 8.49. The zero-order valence-electron chi connectivity index (χ0n) is 17.7. The second kappa shape index (κ2) is 9.34. The lowest BCUT2D eigenvalue weighted by Crippen LogP contribution is -2.32. The minimum atomic E-state index is -3.27. The number of carbonyl (C=O) groups is 1. The van der Waals surface area contributed by atoms with Crippen molar-refractivity contribution in [2.24, 2.45) is 0 Å². The molecule has 0 heterocycles. The van der Waals surface area contributed by atoms with E-state index in [9.17, 15) is 13.2 Å². The van der Waals surface area contributed by atoms with Crippen molar-refractivity contribution in [2.75, 3.05) is 18.1 Å². The molecule has 0 radical (unpaired) electrons. The summed E-state index contributed by atoms with van der Waals surface area (Å²) in [4.78, 5) is 12.8. The summed E-state index contributed by atoms with van der Waals surface area (Å²) in [6, 6.07) is 30.4. The Labute approximate surface area is 188 Å². The molecule has 0 aliphatic rings. The Balaban J connectivity index is 1.54. The molecule has 0 saturated heterocycles. The predicted molar refractivity (Wildman–Crippen MR) is 128 cm³/mol. The molecular weight excluding hydrogens is 420 g/mol. The first-order valence-electron chi connectivity index (χ1n) is 10.3. The summed E-state index contributed by atoms with van der Waals surface area (Å²) in [7, 11) is -3.27. The molecule has 0 saturated carbocycles. The van der Waals surface area contributed by atoms with Gasteiger partial charge in [0.05, 0.1) is 17.5 Å². The van der Waals surface area contributed by atoms with Gasteiger partial charge in [-0.2, -0.15) is 0 Å². The highest BCUT2D eigenvalue weighted by molar-refractivity contribution is 7.90. The minimum Gasteiger partial charge on any atom is -0.325 e. The number of fused-ring (bicyclic) bond motifs is 1. The van der Waals surface area contributed by atoms with Crippen LogP contribution >= 0.6 is 0 Å². The van der Waals surface area contributed by atoms with Gasteiger partial charge in [0.15, 0.2) is 9.84 Å². The third kappa shape index (κ3) is 5.04. The van der Waals surface area contributed by atoms with Gasteiger partial charge in [-0.3, -0.25) is 10.1 Å². The lowest BCUT2D eigenvalue weighted by Gasteiger charge is -2.21. The molecule has 0 aliphatic heterocycles. The van der Waals surface area contributed by atoms with Crippen molar-refractivity contribution in [3.63, 3.8) is 0 Å². The number of nitrogens with one attached hydrogen (secondary N) is 2. The van der Waals surface area contributed by atoms with Crippen LogP contribution in [0.25, 0.3) is 10.8 Å². The van der Waals surface area contributed by atoms with Gasteiger partial charge in [0.1, 0.15) is 0 Å². The molecule has 4 aromatic carbocycles. The molecule has 1 amide bonds. The number of sulfone groups is 1. The molecule has 1 atom stereocenters. The van der Waals surface area contributed by atoms with Crippen LogP contribution in [-0.2, 0) is 14.6 Å². The first kappa shape index (κ1) is 21.7. The fraction of sp³-hybridized carbons (Fsp3) is 0.115. The van der Waals surface area contributed by atoms with E-state index in [0.717, 1.165) is 28.2 Å². The molecule has 0 aromatic heterocycles. The summed E-state index contributed by atoms with van der Waals surface area (Å²) in [5.41, 5.74) is 2.71. The smallest absolute Gasteiger partial charge is 0.238 e. The van der Waals surface area contributed by atoms with Crippen molar-refractivity contribution < 1.29 is 13.2 Å². The Kier molecular flexibility index (Phi) is 6.35.